The summed E-state index contributed by atoms with van der Waals surface area (Å²) in [7, 11) is 1.77. The van der Waals surface area contributed by atoms with E-state index in [1.54, 1.807) is 7.11 Å². The van der Waals surface area contributed by atoms with Crippen molar-refractivity contribution in [3.8, 4) is 0 Å². The van der Waals surface area contributed by atoms with Crippen LogP contribution in [0, 0.1) is 0 Å². The number of halogens is 1. The van der Waals surface area contributed by atoms with Gasteiger partial charge in [-0.1, -0.05) is 6.42 Å². The van der Waals surface area contributed by atoms with Crippen molar-refractivity contribution in [1.29, 1.82) is 0 Å². The molecule has 0 aromatic heterocycles. The van der Waals surface area contributed by atoms with Gasteiger partial charge in [-0.2, -0.15) is 0 Å². The van der Waals surface area contributed by atoms with Crippen molar-refractivity contribution in [2.24, 2.45) is 0 Å². The third-order valence-electron chi connectivity index (χ3n) is 2.99. The summed E-state index contributed by atoms with van der Waals surface area (Å²) < 4.78 is 5.08. The first-order chi connectivity index (χ1) is 6.88. The fraction of sp³-hybridized carbons (Fsp3) is 1.00. The van der Waals surface area contributed by atoms with Gasteiger partial charge in [0.1, 0.15) is 0 Å². The third-order valence-corrected chi connectivity index (χ3v) is 3.20. The topological polar surface area (TPSA) is 12.5 Å². The summed E-state index contributed by atoms with van der Waals surface area (Å²) in [6.07, 6.45) is 6.36. The summed E-state index contributed by atoms with van der Waals surface area (Å²) in [4.78, 5) is 2.59. The standard InChI is InChI=1S/C11H22ClNO/c1-14-10-4-9-13-8-3-2-5-11(13)6-7-12/h11H,2-10H2,1H3. The van der Waals surface area contributed by atoms with Crippen molar-refractivity contribution in [3.05, 3.63) is 0 Å². The number of ether oxygens (including phenoxy) is 1. The van der Waals surface area contributed by atoms with Gasteiger partial charge in [0, 0.05) is 32.2 Å². The maximum atomic E-state index is 5.81. The lowest BCUT2D eigenvalue weighted by Crippen LogP contribution is -2.40. The van der Waals surface area contributed by atoms with Gasteiger partial charge in [0.2, 0.25) is 0 Å². The Kier molecular flexibility index (Phi) is 6.57. The quantitative estimate of drug-likeness (QED) is 0.503. The monoisotopic (exact) mass is 219 g/mol. The van der Waals surface area contributed by atoms with Gasteiger partial charge in [-0.25, -0.2) is 0 Å². The normalized spacial score (nSPS) is 24.0. The molecule has 0 amide bonds. The molecule has 0 N–H and O–H groups in total. The smallest absolute Gasteiger partial charge is 0.0474 e. The molecule has 1 aliphatic heterocycles. The highest BCUT2D eigenvalue weighted by Gasteiger charge is 2.20. The van der Waals surface area contributed by atoms with E-state index >= 15 is 0 Å². The third kappa shape index (κ3) is 4.16. The Bertz CT molecular complexity index is 141. The van der Waals surface area contributed by atoms with Gasteiger partial charge in [-0.15, -0.1) is 11.6 Å². The molecule has 1 atom stereocenters. The number of rotatable bonds is 6. The maximum absolute atomic E-state index is 5.81. The van der Waals surface area contributed by atoms with E-state index < -0.39 is 0 Å². The summed E-state index contributed by atoms with van der Waals surface area (Å²) in [5.41, 5.74) is 0. The molecule has 2 nitrogen and oxygen atoms in total. The average Bonchev–Trinajstić information content (AvgIpc) is 2.21. The second-order valence-corrected chi connectivity index (χ2v) is 4.39. The van der Waals surface area contributed by atoms with E-state index in [1.165, 1.54) is 32.4 Å². The minimum Gasteiger partial charge on any atom is -0.385 e. The molecular weight excluding hydrogens is 198 g/mol. The molecule has 0 bridgehead atoms. The summed E-state index contributed by atoms with van der Waals surface area (Å²) in [6, 6.07) is 0.734. The van der Waals surface area contributed by atoms with Crippen molar-refractivity contribution in [2.45, 2.75) is 38.1 Å². The first-order valence-corrected chi connectivity index (χ1v) is 6.21. The van der Waals surface area contributed by atoms with E-state index in [2.05, 4.69) is 4.90 Å². The molecule has 1 fully saturated rings. The predicted molar refractivity (Wildman–Crippen MR) is 61.0 cm³/mol. The number of methoxy groups -OCH3 is 1. The minimum atomic E-state index is 0.734. The van der Waals surface area contributed by atoms with Crippen LogP contribution in [0.1, 0.15) is 32.1 Å². The maximum Gasteiger partial charge on any atom is 0.0474 e. The van der Waals surface area contributed by atoms with E-state index in [4.69, 9.17) is 16.3 Å². The molecule has 0 aromatic rings. The van der Waals surface area contributed by atoms with Crippen LogP contribution in [0.25, 0.3) is 0 Å². The highest BCUT2D eigenvalue weighted by Crippen LogP contribution is 2.20. The van der Waals surface area contributed by atoms with Crippen molar-refractivity contribution in [2.75, 3.05) is 32.7 Å². The van der Waals surface area contributed by atoms with Crippen molar-refractivity contribution < 1.29 is 4.74 Å². The van der Waals surface area contributed by atoms with E-state index in [0.29, 0.717) is 0 Å². The number of piperidine rings is 1. The first-order valence-electron chi connectivity index (χ1n) is 5.67. The summed E-state index contributed by atoms with van der Waals surface area (Å²) in [5.74, 6) is 0.797. The molecule has 14 heavy (non-hydrogen) atoms. The predicted octanol–water partition coefficient (Wildman–Crippen LogP) is 2.51. The van der Waals surface area contributed by atoms with Crippen LogP contribution in [0.3, 0.4) is 0 Å². The largest absolute Gasteiger partial charge is 0.385 e. The van der Waals surface area contributed by atoms with Crippen LogP contribution in [0.4, 0.5) is 0 Å². The fourth-order valence-corrected chi connectivity index (χ4v) is 2.47. The van der Waals surface area contributed by atoms with Gasteiger partial charge >= 0.3 is 0 Å². The molecule has 84 valence electrons. The SMILES string of the molecule is COCCCN1CCCCC1CCCl. The van der Waals surface area contributed by atoms with E-state index in [0.717, 1.165) is 31.4 Å². The molecule has 3 heteroatoms. The zero-order valence-corrected chi connectivity index (χ0v) is 9.93. The fourth-order valence-electron chi connectivity index (χ4n) is 2.22. The van der Waals surface area contributed by atoms with Crippen LogP contribution >= 0.6 is 11.6 Å². The Hall–Kier alpha value is 0.210. The Labute approximate surface area is 92.6 Å². The van der Waals surface area contributed by atoms with Crippen LogP contribution < -0.4 is 0 Å². The molecule has 0 aliphatic carbocycles. The van der Waals surface area contributed by atoms with Crippen molar-refractivity contribution in [3.63, 3.8) is 0 Å². The number of alkyl halides is 1. The molecule has 1 aliphatic rings. The highest BCUT2D eigenvalue weighted by molar-refractivity contribution is 6.17. The lowest BCUT2D eigenvalue weighted by Gasteiger charge is -2.35. The summed E-state index contributed by atoms with van der Waals surface area (Å²) in [5, 5.41) is 0. The van der Waals surface area contributed by atoms with E-state index in [-0.39, 0.29) is 0 Å². The van der Waals surface area contributed by atoms with Crippen LogP contribution in [-0.4, -0.2) is 43.6 Å². The van der Waals surface area contributed by atoms with Crippen LogP contribution in [-0.2, 0) is 4.74 Å². The van der Waals surface area contributed by atoms with Crippen molar-refractivity contribution in [1.82, 2.24) is 4.90 Å². The molecule has 1 rings (SSSR count). The summed E-state index contributed by atoms with van der Waals surface area (Å²) in [6.45, 7) is 3.31. The highest BCUT2D eigenvalue weighted by atomic mass is 35.5. The lowest BCUT2D eigenvalue weighted by atomic mass is 10.00. The Morgan fingerprint density at radius 2 is 2.29 bits per heavy atom. The van der Waals surface area contributed by atoms with Gasteiger partial charge in [0.15, 0.2) is 0 Å². The summed E-state index contributed by atoms with van der Waals surface area (Å²) >= 11 is 5.81. The van der Waals surface area contributed by atoms with Gasteiger partial charge in [-0.3, -0.25) is 0 Å². The number of hydrogen-bond donors (Lipinski definition) is 0. The molecule has 0 radical (unpaired) electrons. The number of nitrogens with zero attached hydrogens (tertiary/aromatic N) is 1. The molecule has 1 saturated heterocycles. The van der Waals surface area contributed by atoms with Gasteiger partial charge in [0.25, 0.3) is 0 Å². The molecule has 1 unspecified atom stereocenters. The Morgan fingerprint density at radius 1 is 1.43 bits per heavy atom. The second kappa shape index (κ2) is 7.49. The molecule has 0 spiro atoms. The second-order valence-electron chi connectivity index (χ2n) is 4.01. The number of likely N-dealkylation sites (tertiary alicyclic amines) is 1. The van der Waals surface area contributed by atoms with E-state index in [1.807, 2.05) is 0 Å². The van der Waals surface area contributed by atoms with E-state index in [9.17, 15) is 0 Å². The minimum absolute atomic E-state index is 0.734. The zero-order chi connectivity index (χ0) is 10.2. The van der Waals surface area contributed by atoms with Gasteiger partial charge in [-0.05, 0) is 32.2 Å². The van der Waals surface area contributed by atoms with Gasteiger partial charge < -0.3 is 9.64 Å². The van der Waals surface area contributed by atoms with Gasteiger partial charge in [0.05, 0.1) is 0 Å². The Morgan fingerprint density at radius 3 is 3.00 bits per heavy atom. The Balaban J connectivity index is 2.22. The number of hydrogen-bond acceptors (Lipinski definition) is 2. The molecular formula is C11H22ClNO. The molecule has 0 saturated carbocycles. The van der Waals surface area contributed by atoms with Crippen molar-refractivity contribution >= 4 is 11.6 Å². The first kappa shape index (κ1) is 12.3. The van der Waals surface area contributed by atoms with Crippen LogP contribution in [0.2, 0.25) is 0 Å². The average molecular weight is 220 g/mol. The molecule has 1 heterocycles. The molecule has 0 aromatic carbocycles. The zero-order valence-electron chi connectivity index (χ0n) is 9.17. The lowest BCUT2D eigenvalue weighted by molar-refractivity contribution is 0.120. The van der Waals surface area contributed by atoms with Crippen LogP contribution in [0.5, 0.6) is 0 Å². The van der Waals surface area contributed by atoms with Crippen LogP contribution in [0.15, 0.2) is 0 Å².